The monoisotopic (exact) mass is 1470 g/mol. The SMILES string of the molecule is C.C=CCCCCC(=O)CCC.C=CCCCCCCNC(=O)CCC.C=Cc1ccc(C)cc1.C=Cc1cccc(C)c1.C=Cc1cccc(C)c1.C=Cc1ccccc1.CCCCCCCCC.CCCCCCCCNC(C)=O.CCCCNC(C)=O.CCc1ccc(C)cc1.CCc1ccccc1. The van der Waals surface area contributed by atoms with E-state index in [0.717, 1.165) is 110 Å². The first-order valence-electron chi connectivity index (χ1n) is 40.6. The Hall–Kier alpha value is -8.16. The zero-order chi connectivity index (χ0) is 80.2. The molecule has 0 radical (unpaired) electrons. The number of Topliss-reactive ketones (excluding diaryl/α,β-unsaturated/α-hetero) is 1. The lowest BCUT2D eigenvalue weighted by Crippen LogP contribution is -2.23. The molecule has 0 aliphatic carbocycles. The zero-order valence-electron chi connectivity index (χ0n) is 70.2. The van der Waals surface area contributed by atoms with Crippen LogP contribution in [0.4, 0.5) is 0 Å². The van der Waals surface area contributed by atoms with Gasteiger partial charge in [0.05, 0.1) is 0 Å². The van der Waals surface area contributed by atoms with Crippen LogP contribution >= 0.6 is 0 Å². The minimum atomic E-state index is 0. The van der Waals surface area contributed by atoms with Gasteiger partial charge < -0.3 is 16.0 Å². The van der Waals surface area contributed by atoms with Crippen molar-refractivity contribution in [2.45, 2.75) is 297 Å². The van der Waals surface area contributed by atoms with Crippen molar-refractivity contribution in [2.24, 2.45) is 0 Å². The van der Waals surface area contributed by atoms with Crippen molar-refractivity contribution in [1.29, 1.82) is 0 Å². The Kier molecular flexibility index (Phi) is 90.8. The first-order valence-corrected chi connectivity index (χ1v) is 40.6. The second kappa shape index (κ2) is 88.5. The molecule has 107 heavy (non-hydrogen) atoms. The summed E-state index contributed by atoms with van der Waals surface area (Å²) < 4.78 is 0. The normalized spacial score (nSPS) is 9.25. The van der Waals surface area contributed by atoms with Gasteiger partial charge in [0.1, 0.15) is 5.78 Å². The fraction of sp³-hybridized carbons (Fsp3) is 0.480. The second-order valence-electron chi connectivity index (χ2n) is 26.4. The first kappa shape index (κ1) is 110. The molecular formula is C100H159N3O4. The van der Waals surface area contributed by atoms with E-state index in [4.69, 9.17) is 0 Å². The van der Waals surface area contributed by atoms with Gasteiger partial charge in [-0.05, 0) is 138 Å². The molecule has 0 aromatic heterocycles. The number of nitrogens with one attached hydrogen (secondary N) is 3. The third kappa shape index (κ3) is 88.4. The lowest BCUT2D eigenvalue weighted by atomic mass is 10.1. The maximum Gasteiger partial charge on any atom is 0.219 e. The van der Waals surface area contributed by atoms with E-state index in [0.29, 0.717) is 12.2 Å². The van der Waals surface area contributed by atoms with E-state index in [-0.39, 0.29) is 25.1 Å². The van der Waals surface area contributed by atoms with Crippen molar-refractivity contribution in [2.75, 3.05) is 19.6 Å². The van der Waals surface area contributed by atoms with E-state index in [1.54, 1.807) is 6.92 Å². The van der Waals surface area contributed by atoms with Crippen molar-refractivity contribution >= 4 is 47.8 Å². The number of ketones is 1. The third-order valence-electron chi connectivity index (χ3n) is 16.0. The Morgan fingerprint density at radius 2 is 0.645 bits per heavy atom. The largest absolute Gasteiger partial charge is 0.356 e. The number of hydrogen-bond acceptors (Lipinski definition) is 4. The molecule has 0 aliphatic rings. The molecule has 3 amide bonds. The van der Waals surface area contributed by atoms with Crippen LogP contribution in [0.2, 0.25) is 0 Å². The summed E-state index contributed by atoms with van der Waals surface area (Å²) in [6, 6.07) is 53.9. The third-order valence-corrected chi connectivity index (χ3v) is 16.0. The van der Waals surface area contributed by atoms with Crippen molar-refractivity contribution in [3.8, 4) is 0 Å². The quantitative estimate of drug-likeness (QED) is 0.0265. The van der Waals surface area contributed by atoms with Gasteiger partial charge in [0.25, 0.3) is 0 Å². The van der Waals surface area contributed by atoms with Crippen LogP contribution in [0.3, 0.4) is 0 Å². The topological polar surface area (TPSA) is 104 Å². The Bertz CT molecular complexity index is 2910. The molecule has 3 N–H and O–H groups in total. The Labute approximate surface area is 660 Å². The summed E-state index contributed by atoms with van der Waals surface area (Å²) in [5.74, 6) is 0.761. The van der Waals surface area contributed by atoms with Crippen LogP contribution in [0.25, 0.3) is 24.3 Å². The Morgan fingerprint density at radius 1 is 0.308 bits per heavy atom. The number of hydrogen-bond donors (Lipinski definition) is 3. The van der Waals surface area contributed by atoms with E-state index in [9.17, 15) is 19.2 Å². The highest BCUT2D eigenvalue weighted by atomic mass is 16.2. The van der Waals surface area contributed by atoms with Gasteiger partial charge in [-0.2, -0.15) is 0 Å². The highest BCUT2D eigenvalue weighted by molar-refractivity contribution is 5.78. The number of carbonyl (C=O) groups is 4. The highest BCUT2D eigenvalue weighted by Gasteiger charge is 2.00. The van der Waals surface area contributed by atoms with Crippen molar-refractivity contribution < 1.29 is 19.2 Å². The minimum absolute atomic E-state index is 0. The molecule has 0 heterocycles. The van der Waals surface area contributed by atoms with Gasteiger partial charge in [-0.1, -0.05) is 402 Å². The summed E-state index contributed by atoms with van der Waals surface area (Å²) in [5, 5.41) is 8.42. The fourth-order valence-electron chi connectivity index (χ4n) is 9.39. The summed E-state index contributed by atoms with van der Waals surface area (Å²) >= 11 is 0. The molecule has 6 aromatic carbocycles. The van der Waals surface area contributed by atoms with E-state index in [1.807, 2.05) is 111 Å². The molecule has 6 rings (SSSR count). The van der Waals surface area contributed by atoms with E-state index in [2.05, 4.69) is 222 Å². The summed E-state index contributed by atoms with van der Waals surface area (Å²) in [7, 11) is 0. The number of benzene rings is 6. The molecule has 0 saturated carbocycles. The maximum atomic E-state index is 11.1. The molecule has 0 spiro atoms. The lowest BCUT2D eigenvalue weighted by molar-refractivity contribution is -0.121. The average molecular weight is 1470 g/mol. The lowest BCUT2D eigenvalue weighted by Gasteiger charge is -2.03. The molecule has 7 heteroatoms. The molecule has 0 aliphatic heterocycles. The van der Waals surface area contributed by atoms with Crippen molar-refractivity contribution in [3.05, 3.63) is 265 Å². The number of unbranched alkanes of at least 4 members (excludes halogenated alkanes) is 18. The smallest absolute Gasteiger partial charge is 0.219 e. The predicted octanol–water partition coefficient (Wildman–Crippen LogP) is 29.0. The van der Waals surface area contributed by atoms with Crippen LogP contribution < -0.4 is 16.0 Å². The second-order valence-corrected chi connectivity index (χ2v) is 26.4. The molecule has 0 bridgehead atoms. The van der Waals surface area contributed by atoms with Gasteiger partial charge in [0.15, 0.2) is 0 Å². The molecule has 598 valence electrons. The number of carbonyl (C=O) groups excluding carboxylic acids is 4. The van der Waals surface area contributed by atoms with Gasteiger partial charge in [0.2, 0.25) is 17.7 Å². The first-order chi connectivity index (χ1) is 51.2. The predicted molar refractivity (Wildman–Crippen MR) is 483 cm³/mol. The molecule has 7 nitrogen and oxygen atoms in total. The number of aryl methyl sites for hydroxylation is 6. The molecular weight excluding hydrogens is 1310 g/mol. The number of amides is 3. The van der Waals surface area contributed by atoms with E-state index in [1.165, 1.54) is 159 Å². The van der Waals surface area contributed by atoms with Gasteiger partial charge in [-0.15, -0.1) is 13.2 Å². The molecule has 0 fully saturated rings. The van der Waals surface area contributed by atoms with Crippen LogP contribution in [-0.4, -0.2) is 43.1 Å². The molecule has 0 unspecified atom stereocenters. The van der Waals surface area contributed by atoms with Crippen LogP contribution in [0.1, 0.15) is 312 Å². The molecule has 0 atom stereocenters. The average Bonchev–Trinajstić information content (AvgIpc) is 0.994. The minimum Gasteiger partial charge on any atom is -0.356 e. The standard InChI is InChI=1S/C12H23NO.C10H21NO.C10H18O.C9H12.3C9H10.C9H20.C8H10.C8H8.C6H13NO.CH4/c1-3-5-6-7-8-9-11-13-12(14)10-4-2;1-3-4-5-6-7-8-9-11-10(2)12;1-3-5-6-7-9-10(11)8-4-2;2*1-3-9-6-4-8(2)5-7-9;2*1-3-9-6-4-5-8(2)7-9;1-3-5-7-9-8-6-4-2;2*1-2-8-6-4-3-5-7-8;1-3-4-5-7-6(2)8;/h3H,1,4-11H2,2H3,(H,13,14);3-9H2,1-2H3,(H,11,12);3H,1,4-9H2,2H3;4-7H,3H2,1-2H3;3*3-7H,1H2,2H3;3-9H2,1-2H3;3-7H,2H2,1H3;2-7H,1H2;3-5H2,1-2H3,(H,7,8);1H4. The van der Waals surface area contributed by atoms with Gasteiger partial charge in [-0.25, -0.2) is 0 Å². The van der Waals surface area contributed by atoms with Crippen LogP contribution in [-0.2, 0) is 32.0 Å². The van der Waals surface area contributed by atoms with E-state index < -0.39 is 0 Å². The zero-order valence-corrected chi connectivity index (χ0v) is 70.2. The maximum absolute atomic E-state index is 11.1. The summed E-state index contributed by atoms with van der Waals surface area (Å²) in [6.07, 6.45) is 46.6. The fourth-order valence-corrected chi connectivity index (χ4v) is 9.39. The van der Waals surface area contributed by atoms with Crippen molar-refractivity contribution in [3.63, 3.8) is 0 Å². The van der Waals surface area contributed by atoms with Crippen LogP contribution in [0.5, 0.6) is 0 Å². The number of allylic oxidation sites excluding steroid dienone is 2. The molecule has 0 saturated heterocycles. The molecule has 6 aromatic rings. The van der Waals surface area contributed by atoms with Gasteiger partial charge >= 0.3 is 0 Å². The van der Waals surface area contributed by atoms with Crippen molar-refractivity contribution in [1.82, 2.24) is 16.0 Å². The van der Waals surface area contributed by atoms with E-state index >= 15 is 0 Å². The van der Waals surface area contributed by atoms with Crippen LogP contribution in [0, 0.1) is 27.7 Å². The van der Waals surface area contributed by atoms with Gasteiger partial charge in [0, 0.05) is 52.7 Å². The summed E-state index contributed by atoms with van der Waals surface area (Å²) in [6.45, 7) is 53.1. The Morgan fingerprint density at radius 3 is 0.991 bits per heavy atom. The summed E-state index contributed by atoms with van der Waals surface area (Å²) in [4.78, 5) is 42.7. The number of rotatable bonds is 38. The van der Waals surface area contributed by atoms with Crippen LogP contribution in [0.15, 0.2) is 209 Å². The Balaban J connectivity index is -0.000000263. The highest BCUT2D eigenvalue weighted by Crippen LogP contribution is 2.10. The van der Waals surface area contributed by atoms with Gasteiger partial charge in [-0.3, -0.25) is 19.2 Å². The summed E-state index contributed by atoms with van der Waals surface area (Å²) in [5.41, 5.74) is 12.8.